The van der Waals surface area contributed by atoms with E-state index >= 15 is 0 Å². The third-order valence-corrected chi connectivity index (χ3v) is 7.37. The number of fused-ring (bicyclic) bond motifs is 6. The van der Waals surface area contributed by atoms with Crippen LogP contribution in [-0.2, 0) is 10.8 Å². The molecular weight excluding hydrogens is 378 g/mol. The van der Waals surface area contributed by atoms with Crippen molar-refractivity contribution in [3.05, 3.63) is 53.1 Å². The maximum absolute atomic E-state index is 5.16. The van der Waals surface area contributed by atoms with Gasteiger partial charge in [-0.15, -0.1) is 0 Å². The number of rotatable bonds is 2. The predicted molar refractivity (Wildman–Crippen MR) is 133 cm³/mol. The molecule has 31 heavy (non-hydrogen) atoms. The zero-order valence-corrected chi connectivity index (χ0v) is 20.4. The van der Waals surface area contributed by atoms with Gasteiger partial charge in [0.2, 0.25) is 0 Å². The summed E-state index contributed by atoms with van der Waals surface area (Å²) in [4.78, 5) is 7.62. The molecule has 2 unspecified atom stereocenters. The van der Waals surface area contributed by atoms with Gasteiger partial charge in [0.25, 0.3) is 0 Å². The summed E-state index contributed by atoms with van der Waals surface area (Å²) in [6.45, 7) is 18.8. The number of hydrogen-bond acceptors (Lipinski definition) is 3. The first-order chi connectivity index (χ1) is 14.4. The molecule has 0 amide bonds. The molecule has 2 heterocycles. The topological polar surface area (TPSA) is 27.6 Å². The number of anilines is 2. The van der Waals surface area contributed by atoms with Gasteiger partial charge in [-0.25, -0.2) is 4.99 Å². The van der Waals surface area contributed by atoms with E-state index in [-0.39, 0.29) is 22.4 Å². The monoisotopic (exact) mass is 415 g/mol. The van der Waals surface area contributed by atoms with Crippen molar-refractivity contribution in [1.82, 2.24) is 0 Å². The highest BCUT2D eigenvalue weighted by atomic mass is 15.4. The number of benzene rings is 2. The summed E-state index contributed by atoms with van der Waals surface area (Å²) < 4.78 is 0. The van der Waals surface area contributed by atoms with Crippen LogP contribution in [0.1, 0.15) is 91.1 Å². The van der Waals surface area contributed by atoms with E-state index in [9.17, 15) is 0 Å². The van der Waals surface area contributed by atoms with Crippen LogP contribution in [0, 0.1) is 11.3 Å². The van der Waals surface area contributed by atoms with Gasteiger partial charge in [-0.3, -0.25) is 0 Å². The van der Waals surface area contributed by atoms with Crippen LogP contribution in [0.3, 0.4) is 0 Å². The molecule has 3 aliphatic rings. The van der Waals surface area contributed by atoms with Crippen molar-refractivity contribution in [2.45, 2.75) is 85.2 Å². The Balaban J connectivity index is 1.70. The predicted octanol–water partition coefficient (Wildman–Crippen LogP) is 7.69. The zero-order valence-electron chi connectivity index (χ0n) is 20.4. The summed E-state index contributed by atoms with van der Waals surface area (Å²) in [6, 6.07) is 13.5. The molecule has 0 fully saturated rings. The molecule has 0 saturated heterocycles. The van der Waals surface area contributed by atoms with Crippen molar-refractivity contribution in [2.24, 2.45) is 16.3 Å². The van der Waals surface area contributed by atoms with Crippen LogP contribution in [0.4, 0.5) is 17.1 Å². The Bertz CT molecular complexity index is 1090. The minimum absolute atomic E-state index is 0.0459. The normalized spacial score (nSPS) is 25.5. The fraction of sp³-hybridized carbons (Fsp3) is 0.536. The molecule has 1 aliphatic carbocycles. The largest absolute Gasteiger partial charge is 0.359 e. The molecule has 5 rings (SSSR count). The molecule has 2 aromatic rings. The zero-order chi connectivity index (χ0) is 22.3. The Kier molecular flexibility index (Phi) is 4.23. The first kappa shape index (κ1) is 20.6. The SMILES string of the molecule is CC(C)CC1(C)CC(C)(C)c2cc3c(cc21)NC1c2ccccc2N=C(C(C)(C)C)N31. The average Bonchev–Trinajstić information content (AvgIpc) is 3.11. The highest BCUT2D eigenvalue weighted by Gasteiger charge is 2.48. The van der Waals surface area contributed by atoms with E-state index in [1.807, 2.05) is 0 Å². The molecular formula is C28H37N3. The summed E-state index contributed by atoms with van der Waals surface area (Å²) in [6.07, 6.45) is 2.55. The van der Waals surface area contributed by atoms with E-state index in [0.29, 0.717) is 5.92 Å². The number of amidine groups is 1. The standard InChI is InChI=1S/C28H37N3/c1-17(2)15-28(8)16-27(6,7)19-14-23-22(13-20(19)28)29-24-18-11-9-10-12-21(18)30-25(31(23)24)26(3,4)5/h9-14,17,24,29H,15-16H2,1-8H3. The second-order valence-corrected chi connectivity index (χ2v) is 12.3. The molecule has 2 atom stereocenters. The first-order valence-corrected chi connectivity index (χ1v) is 11.8. The molecule has 0 radical (unpaired) electrons. The van der Waals surface area contributed by atoms with Crippen LogP contribution >= 0.6 is 0 Å². The van der Waals surface area contributed by atoms with Gasteiger partial charge >= 0.3 is 0 Å². The molecule has 3 nitrogen and oxygen atoms in total. The number of aliphatic imine (C=N–C) groups is 1. The Labute approximate surface area is 188 Å². The van der Waals surface area contributed by atoms with Crippen LogP contribution < -0.4 is 10.2 Å². The third kappa shape index (κ3) is 3.03. The maximum atomic E-state index is 5.16. The van der Waals surface area contributed by atoms with E-state index in [1.54, 1.807) is 5.56 Å². The van der Waals surface area contributed by atoms with Gasteiger partial charge in [0.05, 0.1) is 17.1 Å². The van der Waals surface area contributed by atoms with Gasteiger partial charge in [0.1, 0.15) is 12.0 Å². The minimum atomic E-state index is -0.0459. The Morgan fingerprint density at radius 2 is 1.81 bits per heavy atom. The highest BCUT2D eigenvalue weighted by molar-refractivity contribution is 6.09. The Morgan fingerprint density at radius 1 is 1.10 bits per heavy atom. The van der Waals surface area contributed by atoms with Crippen molar-refractivity contribution < 1.29 is 0 Å². The van der Waals surface area contributed by atoms with Gasteiger partial charge in [-0.05, 0) is 58.9 Å². The summed E-state index contributed by atoms with van der Waals surface area (Å²) in [5.74, 6) is 1.83. The van der Waals surface area contributed by atoms with Crippen molar-refractivity contribution >= 4 is 22.9 Å². The minimum Gasteiger partial charge on any atom is -0.359 e. The summed E-state index contributed by atoms with van der Waals surface area (Å²) in [7, 11) is 0. The quantitative estimate of drug-likeness (QED) is 0.544. The molecule has 0 aromatic heterocycles. The molecule has 164 valence electrons. The second-order valence-electron chi connectivity index (χ2n) is 12.3. The van der Waals surface area contributed by atoms with E-state index in [0.717, 1.165) is 11.5 Å². The fourth-order valence-corrected chi connectivity index (χ4v) is 6.53. The first-order valence-electron chi connectivity index (χ1n) is 11.8. The molecule has 2 aromatic carbocycles. The lowest BCUT2D eigenvalue weighted by Gasteiger charge is -2.38. The average molecular weight is 416 g/mol. The van der Waals surface area contributed by atoms with Gasteiger partial charge in [0, 0.05) is 11.0 Å². The van der Waals surface area contributed by atoms with Gasteiger partial charge in [0.15, 0.2) is 0 Å². The molecule has 3 heteroatoms. The van der Waals surface area contributed by atoms with Gasteiger partial charge < -0.3 is 10.2 Å². The van der Waals surface area contributed by atoms with Crippen LogP contribution in [0.25, 0.3) is 0 Å². The Morgan fingerprint density at radius 3 is 2.48 bits per heavy atom. The second kappa shape index (κ2) is 6.37. The van der Waals surface area contributed by atoms with Crippen molar-refractivity contribution in [3.8, 4) is 0 Å². The lowest BCUT2D eigenvalue weighted by molar-refractivity contribution is 0.317. The lowest BCUT2D eigenvalue weighted by atomic mass is 9.75. The number of hydrogen-bond donors (Lipinski definition) is 1. The van der Waals surface area contributed by atoms with Crippen LogP contribution in [0.15, 0.2) is 41.4 Å². The fourth-order valence-electron chi connectivity index (χ4n) is 6.53. The van der Waals surface area contributed by atoms with E-state index in [2.05, 4.69) is 102 Å². The summed E-state index contributed by atoms with van der Waals surface area (Å²) in [5, 5.41) is 3.89. The summed E-state index contributed by atoms with van der Waals surface area (Å²) in [5.41, 5.74) is 8.31. The highest BCUT2D eigenvalue weighted by Crippen LogP contribution is 2.57. The molecule has 0 bridgehead atoms. The molecule has 2 aliphatic heterocycles. The Hall–Kier alpha value is -2.29. The number of nitrogens with zero attached hydrogens (tertiary/aromatic N) is 2. The van der Waals surface area contributed by atoms with Crippen LogP contribution in [0.5, 0.6) is 0 Å². The van der Waals surface area contributed by atoms with Crippen molar-refractivity contribution in [1.29, 1.82) is 0 Å². The van der Waals surface area contributed by atoms with E-state index < -0.39 is 0 Å². The van der Waals surface area contributed by atoms with Crippen LogP contribution in [0.2, 0.25) is 0 Å². The summed E-state index contributed by atoms with van der Waals surface area (Å²) >= 11 is 0. The van der Waals surface area contributed by atoms with E-state index in [1.165, 1.54) is 35.3 Å². The number of nitrogens with one attached hydrogen (secondary N) is 1. The van der Waals surface area contributed by atoms with Gasteiger partial charge in [-0.1, -0.05) is 73.6 Å². The van der Waals surface area contributed by atoms with Crippen molar-refractivity contribution in [3.63, 3.8) is 0 Å². The maximum Gasteiger partial charge on any atom is 0.133 e. The van der Waals surface area contributed by atoms with Crippen molar-refractivity contribution in [2.75, 3.05) is 10.2 Å². The molecule has 0 spiro atoms. The van der Waals surface area contributed by atoms with Crippen LogP contribution in [-0.4, -0.2) is 5.84 Å². The third-order valence-electron chi connectivity index (χ3n) is 7.37. The molecule has 0 saturated carbocycles. The smallest absolute Gasteiger partial charge is 0.133 e. The number of para-hydroxylation sites is 1. The molecule has 1 N–H and O–H groups in total. The van der Waals surface area contributed by atoms with Gasteiger partial charge in [-0.2, -0.15) is 0 Å². The van der Waals surface area contributed by atoms with E-state index in [4.69, 9.17) is 4.99 Å². The lowest BCUT2D eigenvalue weighted by Crippen LogP contribution is -2.43.